The lowest BCUT2D eigenvalue weighted by atomic mass is 9.82. The standard InChI is InChI=1S/C16H26N4O3.ClH/c1-19(12-5-9-17-10-6-12)13(21)11-20-14(22)16(18-15(20)23)7-3-2-4-8-16;/h12,17H,2-11H2,1H3,(H,18,23);1H. The summed E-state index contributed by atoms with van der Waals surface area (Å²) in [5, 5.41) is 6.12. The van der Waals surface area contributed by atoms with Gasteiger partial charge in [-0.25, -0.2) is 4.79 Å². The molecule has 2 aliphatic heterocycles. The molecule has 136 valence electrons. The van der Waals surface area contributed by atoms with Gasteiger partial charge in [0.1, 0.15) is 12.1 Å². The molecule has 0 aromatic carbocycles. The minimum Gasteiger partial charge on any atom is -0.341 e. The predicted molar refractivity (Wildman–Crippen MR) is 92.0 cm³/mol. The maximum atomic E-state index is 12.7. The van der Waals surface area contributed by atoms with Crippen LogP contribution >= 0.6 is 12.4 Å². The number of halogens is 1. The van der Waals surface area contributed by atoms with E-state index >= 15 is 0 Å². The van der Waals surface area contributed by atoms with Gasteiger partial charge in [-0.3, -0.25) is 14.5 Å². The smallest absolute Gasteiger partial charge is 0.325 e. The van der Waals surface area contributed by atoms with Gasteiger partial charge in [0.2, 0.25) is 5.91 Å². The van der Waals surface area contributed by atoms with Gasteiger partial charge in [-0.1, -0.05) is 19.3 Å². The molecule has 0 unspecified atom stereocenters. The normalized spacial score (nSPS) is 23.8. The number of nitrogens with zero attached hydrogens (tertiary/aromatic N) is 2. The third kappa shape index (κ3) is 3.52. The Morgan fingerprint density at radius 1 is 1.21 bits per heavy atom. The molecule has 2 heterocycles. The van der Waals surface area contributed by atoms with Crippen LogP contribution in [0.3, 0.4) is 0 Å². The molecule has 3 rings (SSSR count). The van der Waals surface area contributed by atoms with Crippen molar-refractivity contribution in [3.63, 3.8) is 0 Å². The van der Waals surface area contributed by atoms with E-state index < -0.39 is 11.6 Å². The van der Waals surface area contributed by atoms with Crippen molar-refractivity contribution in [2.45, 2.75) is 56.5 Å². The van der Waals surface area contributed by atoms with Crippen molar-refractivity contribution in [2.75, 3.05) is 26.7 Å². The number of nitrogens with one attached hydrogen (secondary N) is 2. The monoisotopic (exact) mass is 358 g/mol. The summed E-state index contributed by atoms with van der Waals surface area (Å²) < 4.78 is 0. The fourth-order valence-electron chi connectivity index (χ4n) is 3.96. The number of hydrogen-bond donors (Lipinski definition) is 2. The molecule has 0 radical (unpaired) electrons. The zero-order valence-corrected chi connectivity index (χ0v) is 15.0. The van der Waals surface area contributed by atoms with E-state index in [9.17, 15) is 14.4 Å². The summed E-state index contributed by atoms with van der Waals surface area (Å²) in [5.41, 5.74) is -0.747. The Balaban J connectivity index is 0.00000208. The third-order valence-electron chi connectivity index (χ3n) is 5.50. The number of carbonyl (C=O) groups is 3. The van der Waals surface area contributed by atoms with Crippen LogP contribution in [0.5, 0.6) is 0 Å². The number of hydrogen-bond acceptors (Lipinski definition) is 4. The molecule has 0 bridgehead atoms. The molecular weight excluding hydrogens is 332 g/mol. The highest BCUT2D eigenvalue weighted by atomic mass is 35.5. The second-order valence-corrected chi connectivity index (χ2v) is 6.95. The van der Waals surface area contributed by atoms with E-state index in [1.165, 1.54) is 0 Å². The van der Waals surface area contributed by atoms with Crippen LogP contribution in [0.1, 0.15) is 44.9 Å². The van der Waals surface area contributed by atoms with Gasteiger partial charge < -0.3 is 15.5 Å². The molecule has 0 atom stereocenters. The first-order valence-corrected chi connectivity index (χ1v) is 8.64. The lowest BCUT2D eigenvalue weighted by Crippen LogP contribution is -2.50. The minimum absolute atomic E-state index is 0. The van der Waals surface area contributed by atoms with Gasteiger partial charge in [-0.2, -0.15) is 0 Å². The molecule has 0 aromatic heterocycles. The van der Waals surface area contributed by atoms with Crippen LogP contribution in [-0.4, -0.2) is 65.9 Å². The topological polar surface area (TPSA) is 81.8 Å². The summed E-state index contributed by atoms with van der Waals surface area (Å²) in [6.07, 6.45) is 6.19. The lowest BCUT2D eigenvalue weighted by Gasteiger charge is -2.33. The van der Waals surface area contributed by atoms with Crippen LogP contribution < -0.4 is 10.6 Å². The van der Waals surface area contributed by atoms with E-state index in [1.807, 2.05) is 0 Å². The average Bonchev–Trinajstić information content (AvgIpc) is 2.80. The molecule has 24 heavy (non-hydrogen) atoms. The fourth-order valence-corrected chi connectivity index (χ4v) is 3.96. The van der Waals surface area contributed by atoms with Crippen LogP contribution in [0.4, 0.5) is 4.79 Å². The van der Waals surface area contributed by atoms with Crippen molar-refractivity contribution in [3.05, 3.63) is 0 Å². The SMILES string of the molecule is CN(C(=O)CN1C(=O)NC2(CCCCC2)C1=O)C1CCNCC1.Cl. The van der Waals surface area contributed by atoms with Gasteiger partial charge >= 0.3 is 6.03 Å². The highest BCUT2D eigenvalue weighted by molar-refractivity contribution is 6.09. The number of likely N-dealkylation sites (N-methyl/N-ethyl adjacent to an activating group) is 1. The molecule has 1 saturated carbocycles. The second-order valence-electron chi connectivity index (χ2n) is 6.95. The van der Waals surface area contributed by atoms with Gasteiger partial charge in [-0.05, 0) is 38.8 Å². The van der Waals surface area contributed by atoms with Gasteiger partial charge in [0.15, 0.2) is 0 Å². The number of imide groups is 1. The summed E-state index contributed by atoms with van der Waals surface area (Å²) in [6.45, 7) is 1.65. The molecule has 1 aliphatic carbocycles. The van der Waals surface area contributed by atoms with Crippen molar-refractivity contribution >= 4 is 30.3 Å². The first kappa shape index (κ1) is 19.0. The summed E-state index contributed by atoms with van der Waals surface area (Å²) in [6, 6.07) is -0.225. The van der Waals surface area contributed by atoms with Gasteiger partial charge in [0.25, 0.3) is 5.91 Å². The first-order chi connectivity index (χ1) is 11.0. The summed E-state index contributed by atoms with van der Waals surface area (Å²) in [5.74, 6) is -0.373. The minimum atomic E-state index is -0.747. The van der Waals surface area contributed by atoms with Crippen LogP contribution in [0, 0.1) is 0 Å². The average molecular weight is 359 g/mol. The first-order valence-electron chi connectivity index (χ1n) is 8.64. The van der Waals surface area contributed by atoms with Gasteiger partial charge in [-0.15, -0.1) is 12.4 Å². The quantitative estimate of drug-likeness (QED) is 0.733. The number of amides is 4. The van der Waals surface area contributed by atoms with Crippen LogP contribution in [0.2, 0.25) is 0 Å². The summed E-state index contributed by atoms with van der Waals surface area (Å²) in [7, 11) is 1.77. The molecular formula is C16H27ClN4O3. The third-order valence-corrected chi connectivity index (χ3v) is 5.50. The van der Waals surface area contributed by atoms with Crippen LogP contribution in [-0.2, 0) is 9.59 Å². The molecule has 7 nitrogen and oxygen atoms in total. The molecule has 1 spiro atoms. The maximum absolute atomic E-state index is 12.7. The van der Waals surface area contributed by atoms with E-state index in [2.05, 4.69) is 10.6 Å². The van der Waals surface area contributed by atoms with E-state index in [1.54, 1.807) is 11.9 Å². The molecule has 2 N–H and O–H groups in total. The van der Waals surface area contributed by atoms with Crippen LogP contribution in [0.25, 0.3) is 0 Å². The largest absolute Gasteiger partial charge is 0.341 e. The summed E-state index contributed by atoms with van der Waals surface area (Å²) in [4.78, 5) is 40.2. The molecule has 4 amide bonds. The molecule has 8 heteroatoms. The number of rotatable bonds is 3. The molecule has 3 aliphatic rings. The van der Waals surface area contributed by atoms with E-state index in [4.69, 9.17) is 0 Å². The van der Waals surface area contributed by atoms with Crippen molar-refractivity contribution in [2.24, 2.45) is 0 Å². The van der Waals surface area contributed by atoms with Gasteiger partial charge in [0.05, 0.1) is 0 Å². The number of carbonyl (C=O) groups excluding carboxylic acids is 3. The van der Waals surface area contributed by atoms with E-state index in [0.717, 1.165) is 50.1 Å². The lowest BCUT2D eigenvalue weighted by molar-refractivity contribution is -0.140. The molecule has 0 aromatic rings. The second kappa shape index (κ2) is 7.70. The van der Waals surface area contributed by atoms with Gasteiger partial charge in [0, 0.05) is 13.1 Å². The Kier molecular flexibility index (Phi) is 6.09. The summed E-state index contributed by atoms with van der Waals surface area (Å²) >= 11 is 0. The Labute approximate surface area is 148 Å². The highest BCUT2D eigenvalue weighted by Crippen LogP contribution is 2.33. The number of urea groups is 1. The number of piperidine rings is 1. The van der Waals surface area contributed by atoms with E-state index in [0.29, 0.717) is 12.8 Å². The van der Waals surface area contributed by atoms with Crippen molar-refractivity contribution in [3.8, 4) is 0 Å². The van der Waals surface area contributed by atoms with Crippen molar-refractivity contribution < 1.29 is 14.4 Å². The molecule has 3 fully saturated rings. The predicted octanol–water partition coefficient (Wildman–Crippen LogP) is 0.873. The Bertz CT molecular complexity index is 502. The Morgan fingerprint density at radius 3 is 2.46 bits per heavy atom. The fraction of sp³-hybridized carbons (Fsp3) is 0.812. The Morgan fingerprint density at radius 2 is 1.83 bits per heavy atom. The van der Waals surface area contributed by atoms with E-state index in [-0.39, 0.29) is 36.8 Å². The van der Waals surface area contributed by atoms with Crippen molar-refractivity contribution in [1.82, 2.24) is 20.4 Å². The zero-order chi connectivity index (χ0) is 16.4. The van der Waals surface area contributed by atoms with Crippen molar-refractivity contribution in [1.29, 1.82) is 0 Å². The zero-order valence-electron chi connectivity index (χ0n) is 14.2. The maximum Gasteiger partial charge on any atom is 0.325 e. The molecule has 2 saturated heterocycles. The van der Waals surface area contributed by atoms with Crippen LogP contribution in [0.15, 0.2) is 0 Å². The Hall–Kier alpha value is -1.34. The highest BCUT2D eigenvalue weighted by Gasteiger charge is 2.51.